The van der Waals surface area contributed by atoms with Crippen LogP contribution in [0.15, 0.2) is 6.07 Å². The Morgan fingerprint density at radius 3 is 2.42 bits per heavy atom. The highest BCUT2D eigenvalue weighted by atomic mass is 15.2. The zero-order chi connectivity index (χ0) is 13.3. The number of nitrogens with two attached hydrogens (primary N) is 1. The predicted molar refractivity (Wildman–Crippen MR) is 76.5 cm³/mol. The normalized spacial score (nSPS) is 47.8. The Balaban J connectivity index is 1.67. The molecule has 19 heavy (non-hydrogen) atoms. The first kappa shape index (κ1) is 11.8. The van der Waals surface area contributed by atoms with Gasteiger partial charge in [-0.25, -0.2) is 0 Å². The molecule has 2 atom stereocenters. The van der Waals surface area contributed by atoms with E-state index in [4.69, 9.17) is 5.73 Å². The molecule has 0 radical (unpaired) electrons. The van der Waals surface area contributed by atoms with Gasteiger partial charge in [-0.3, -0.25) is 5.10 Å². The number of aromatic nitrogens is 2. The van der Waals surface area contributed by atoms with E-state index in [-0.39, 0.29) is 0 Å². The lowest BCUT2D eigenvalue weighted by Crippen LogP contribution is -2.55. The first-order chi connectivity index (χ1) is 8.88. The van der Waals surface area contributed by atoms with Gasteiger partial charge in [0, 0.05) is 11.8 Å². The Morgan fingerprint density at radius 1 is 1.21 bits per heavy atom. The molecule has 0 aliphatic heterocycles. The molecule has 104 valence electrons. The first-order valence-electron chi connectivity index (χ1n) is 7.68. The van der Waals surface area contributed by atoms with Gasteiger partial charge in [-0.15, -0.1) is 0 Å². The summed E-state index contributed by atoms with van der Waals surface area (Å²) in [7, 11) is 0. The van der Waals surface area contributed by atoms with Crippen LogP contribution in [0.5, 0.6) is 0 Å². The van der Waals surface area contributed by atoms with Crippen molar-refractivity contribution >= 4 is 5.82 Å². The molecule has 5 rings (SSSR count). The molecule has 1 heterocycles. The number of hydrogen-bond acceptors (Lipinski definition) is 2. The van der Waals surface area contributed by atoms with Crippen molar-refractivity contribution in [2.75, 3.05) is 5.73 Å². The third-order valence-corrected chi connectivity index (χ3v) is 5.96. The van der Waals surface area contributed by atoms with Crippen LogP contribution in [0.4, 0.5) is 5.82 Å². The second-order valence-corrected chi connectivity index (χ2v) is 8.62. The van der Waals surface area contributed by atoms with E-state index in [9.17, 15) is 0 Å². The summed E-state index contributed by atoms with van der Waals surface area (Å²) in [6, 6.07) is 2.03. The molecule has 0 spiro atoms. The van der Waals surface area contributed by atoms with E-state index >= 15 is 0 Å². The Hall–Kier alpha value is -0.990. The van der Waals surface area contributed by atoms with Crippen LogP contribution < -0.4 is 5.73 Å². The Kier molecular flexibility index (Phi) is 2.09. The lowest BCUT2D eigenvalue weighted by molar-refractivity contribution is -0.144. The van der Waals surface area contributed by atoms with Gasteiger partial charge in [0.15, 0.2) is 0 Å². The van der Waals surface area contributed by atoms with E-state index in [0.29, 0.717) is 22.1 Å². The van der Waals surface area contributed by atoms with Crippen LogP contribution >= 0.6 is 0 Å². The van der Waals surface area contributed by atoms with Crippen LogP contribution in [0.3, 0.4) is 0 Å². The predicted octanol–water partition coefficient (Wildman–Crippen LogP) is 3.53. The number of nitrogen functional groups attached to an aromatic ring is 1. The zero-order valence-electron chi connectivity index (χ0n) is 12.1. The van der Waals surface area contributed by atoms with Crippen molar-refractivity contribution in [3.63, 3.8) is 0 Å². The summed E-state index contributed by atoms with van der Waals surface area (Å²) in [6.07, 6.45) is 9.78. The number of rotatable bonds is 2. The summed E-state index contributed by atoms with van der Waals surface area (Å²) < 4.78 is 0. The SMILES string of the molecule is CC12CC3CC(C)(C1)CC(Cc1cc(N)n[nH]1)(C3)C2. The Labute approximate surface area is 115 Å². The van der Waals surface area contributed by atoms with Crippen LogP contribution in [0, 0.1) is 22.2 Å². The van der Waals surface area contributed by atoms with E-state index in [2.05, 4.69) is 24.0 Å². The van der Waals surface area contributed by atoms with Gasteiger partial charge < -0.3 is 5.73 Å². The van der Waals surface area contributed by atoms with Gasteiger partial charge in [0.1, 0.15) is 5.82 Å². The molecule has 3 heteroatoms. The van der Waals surface area contributed by atoms with Crippen molar-refractivity contribution in [2.24, 2.45) is 22.2 Å². The molecule has 1 aromatic rings. The topological polar surface area (TPSA) is 54.7 Å². The Morgan fingerprint density at radius 2 is 1.89 bits per heavy atom. The van der Waals surface area contributed by atoms with Crippen LogP contribution in [0.2, 0.25) is 0 Å². The lowest BCUT2D eigenvalue weighted by atomic mass is 9.40. The monoisotopic (exact) mass is 259 g/mol. The smallest absolute Gasteiger partial charge is 0.145 e. The van der Waals surface area contributed by atoms with Crippen molar-refractivity contribution in [3.8, 4) is 0 Å². The molecule has 4 bridgehead atoms. The third kappa shape index (κ3) is 1.81. The van der Waals surface area contributed by atoms with Crippen molar-refractivity contribution in [1.82, 2.24) is 10.2 Å². The van der Waals surface area contributed by atoms with E-state index in [0.717, 1.165) is 12.3 Å². The van der Waals surface area contributed by atoms with Crippen molar-refractivity contribution in [3.05, 3.63) is 11.8 Å². The number of H-pyrrole nitrogens is 1. The third-order valence-electron chi connectivity index (χ3n) is 5.96. The number of hydrogen-bond donors (Lipinski definition) is 2. The summed E-state index contributed by atoms with van der Waals surface area (Å²) >= 11 is 0. The van der Waals surface area contributed by atoms with Gasteiger partial charge in [0.2, 0.25) is 0 Å². The van der Waals surface area contributed by atoms with Crippen LogP contribution in [0.1, 0.15) is 58.1 Å². The van der Waals surface area contributed by atoms with Gasteiger partial charge in [-0.1, -0.05) is 13.8 Å². The average molecular weight is 259 g/mol. The fraction of sp³-hybridized carbons (Fsp3) is 0.812. The van der Waals surface area contributed by atoms with Gasteiger partial charge in [-0.05, 0) is 67.1 Å². The summed E-state index contributed by atoms with van der Waals surface area (Å²) in [5.74, 6) is 1.60. The number of anilines is 1. The van der Waals surface area contributed by atoms with E-state index in [1.165, 1.54) is 44.2 Å². The molecule has 0 aromatic carbocycles. The summed E-state index contributed by atoms with van der Waals surface area (Å²) in [5.41, 5.74) is 8.71. The minimum atomic E-state index is 0.516. The van der Waals surface area contributed by atoms with Crippen molar-refractivity contribution in [1.29, 1.82) is 0 Å². The fourth-order valence-electron chi connectivity index (χ4n) is 6.76. The number of aromatic amines is 1. The first-order valence-corrected chi connectivity index (χ1v) is 7.68. The summed E-state index contributed by atoms with van der Waals surface area (Å²) in [4.78, 5) is 0. The summed E-state index contributed by atoms with van der Waals surface area (Å²) in [6.45, 7) is 5.07. The molecule has 4 saturated carbocycles. The minimum Gasteiger partial charge on any atom is -0.382 e. The molecule has 4 fully saturated rings. The van der Waals surface area contributed by atoms with E-state index < -0.39 is 0 Å². The van der Waals surface area contributed by atoms with Gasteiger partial charge >= 0.3 is 0 Å². The lowest BCUT2D eigenvalue weighted by Gasteiger charge is -2.65. The van der Waals surface area contributed by atoms with Crippen molar-refractivity contribution < 1.29 is 0 Å². The highest BCUT2D eigenvalue weighted by Crippen LogP contribution is 2.70. The highest BCUT2D eigenvalue weighted by molar-refractivity contribution is 5.29. The molecule has 3 N–H and O–H groups in total. The molecule has 3 nitrogen and oxygen atoms in total. The average Bonchev–Trinajstić information content (AvgIpc) is 2.56. The maximum absolute atomic E-state index is 5.76. The second kappa shape index (κ2) is 3.36. The number of nitrogens with zero attached hydrogens (tertiary/aromatic N) is 1. The summed E-state index contributed by atoms with van der Waals surface area (Å²) in [5, 5.41) is 7.23. The standard InChI is InChI=1S/C16H25N3/c1-14-4-11-5-15(2,8-14)10-16(6-11,9-14)7-12-3-13(17)19-18-12/h3,11H,4-10H2,1-2H3,(H3,17,18,19). The van der Waals surface area contributed by atoms with Crippen molar-refractivity contribution in [2.45, 2.75) is 58.8 Å². The van der Waals surface area contributed by atoms with Gasteiger partial charge in [0.05, 0.1) is 0 Å². The Bertz CT molecular complexity index is 500. The second-order valence-electron chi connectivity index (χ2n) is 8.62. The zero-order valence-corrected chi connectivity index (χ0v) is 12.1. The number of nitrogens with one attached hydrogen (secondary N) is 1. The molecular formula is C16H25N3. The van der Waals surface area contributed by atoms with Gasteiger partial charge in [-0.2, -0.15) is 5.10 Å². The van der Waals surface area contributed by atoms with E-state index in [1.54, 1.807) is 0 Å². The highest BCUT2D eigenvalue weighted by Gasteiger charge is 2.59. The molecule has 4 aliphatic rings. The molecule has 0 amide bonds. The maximum atomic E-state index is 5.76. The maximum Gasteiger partial charge on any atom is 0.145 e. The quantitative estimate of drug-likeness (QED) is 0.853. The van der Waals surface area contributed by atoms with Crippen LogP contribution in [-0.4, -0.2) is 10.2 Å². The van der Waals surface area contributed by atoms with Crippen LogP contribution in [0.25, 0.3) is 0 Å². The molecule has 0 saturated heterocycles. The molecule has 1 aromatic heterocycles. The molecule has 2 unspecified atom stereocenters. The fourth-order valence-corrected chi connectivity index (χ4v) is 6.76. The van der Waals surface area contributed by atoms with Gasteiger partial charge in [0.25, 0.3) is 0 Å². The van der Waals surface area contributed by atoms with Crippen LogP contribution in [-0.2, 0) is 6.42 Å². The largest absolute Gasteiger partial charge is 0.382 e. The molecular weight excluding hydrogens is 234 g/mol. The minimum absolute atomic E-state index is 0.516. The molecule has 4 aliphatic carbocycles. The van der Waals surface area contributed by atoms with E-state index in [1.807, 2.05) is 6.07 Å².